The molecule has 0 bridgehead atoms. The Morgan fingerprint density at radius 3 is 2.81 bits per heavy atom. The quantitative estimate of drug-likeness (QED) is 0.770. The topological polar surface area (TPSA) is 76.7 Å². The van der Waals surface area contributed by atoms with Gasteiger partial charge in [0, 0.05) is 37.0 Å². The van der Waals surface area contributed by atoms with Crippen molar-refractivity contribution >= 4 is 11.0 Å². The van der Waals surface area contributed by atoms with E-state index in [-0.39, 0.29) is 0 Å². The summed E-state index contributed by atoms with van der Waals surface area (Å²) >= 11 is 0. The molecular weight excluding hydrogens is 266 g/mol. The summed E-state index contributed by atoms with van der Waals surface area (Å²) in [4.78, 5) is 8.53. The molecule has 4 rings (SSSR count). The molecule has 1 fully saturated rings. The van der Waals surface area contributed by atoms with E-state index in [1.54, 1.807) is 12.4 Å². The van der Waals surface area contributed by atoms with Crippen molar-refractivity contribution < 1.29 is 4.42 Å². The molecule has 0 saturated heterocycles. The number of rotatable bonds is 5. The van der Waals surface area contributed by atoms with Gasteiger partial charge in [0.05, 0.1) is 11.0 Å². The molecule has 0 aliphatic heterocycles. The predicted octanol–water partition coefficient (Wildman–Crippen LogP) is 1.97. The standard InChI is InChI=1S/C15H15N5O/c1-4-12-13(18-8-7-17-12)9-10(1)15-20-19-14(21-15)5-6-16-11-2-3-11/h1,4,7-9,11,16H,2-3,5-6H2. The molecule has 1 aromatic carbocycles. The largest absolute Gasteiger partial charge is 0.421 e. The average Bonchev–Trinajstić information content (AvgIpc) is 3.23. The van der Waals surface area contributed by atoms with Crippen molar-refractivity contribution in [1.29, 1.82) is 0 Å². The fourth-order valence-corrected chi connectivity index (χ4v) is 2.24. The van der Waals surface area contributed by atoms with Gasteiger partial charge in [0.1, 0.15) is 0 Å². The zero-order valence-electron chi connectivity index (χ0n) is 11.5. The van der Waals surface area contributed by atoms with Gasteiger partial charge in [-0.15, -0.1) is 10.2 Å². The molecule has 1 aliphatic carbocycles. The third-order valence-electron chi connectivity index (χ3n) is 3.53. The van der Waals surface area contributed by atoms with Crippen LogP contribution >= 0.6 is 0 Å². The van der Waals surface area contributed by atoms with Gasteiger partial charge in [0.15, 0.2) is 0 Å². The molecule has 106 valence electrons. The highest BCUT2D eigenvalue weighted by Crippen LogP contribution is 2.22. The molecule has 1 N–H and O–H groups in total. The highest BCUT2D eigenvalue weighted by molar-refractivity contribution is 5.78. The summed E-state index contributed by atoms with van der Waals surface area (Å²) in [5.41, 5.74) is 2.55. The number of nitrogens with zero attached hydrogens (tertiary/aromatic N) is 4. The Labute approximate surface area is 121 Å². The van der Waals surface area contributed by atoms with Crippen molar-refractivity contribution in [2.45, 2.75) is 25.3 Å². The van der Waals surface area contributed by atoms with Crippen LogP contribution in [0.5, 0.6) is 0 Å². The van der Waals surface area contributed by atoms with Gasteiger partial charge in [-0.05, 0) is 31.0 Å². The van der Waals surface area contributed by atoms with E-state index < -0.39 is 0 Å². The molecule has 0 amide bonds. The van der Waals surface area contributed by atoms with Gasteiger partial charge in [-0.3, -0.25) is 9.97 Å². The molecule has 0 atom stereocenters. The SMILES string of the molecule is c1cnc2cc(-c3nnc(CCNC4CC4)o3)ccc2n1. The maximum atomic E-state index is 5.71. The summed E-state index contributed by atoms with van der Waals surface area (Å²) in [6.07, 6.45) is 6.69. The van der Waals surface area contributed by atoms with Gasteiger partial charge >= 0.3 is 0 Å². The molecule has 1 saturated carbocycles. The Hall–Kier alpha value is -2.34. The van der Waals surface area contributed by atoms with Gasteiger partial charge in [-0.25, -0.2) is 0 Å². The smallest absolute Gasteiger partial charge is 0.247 e. The zero-order chi connectivity index (χ0) is 14.1. The number of hydrogen-bond donors (Lipinski definition) is 1. The van der Waals surface area contributed by atoms with E-state index in [9.17, 15) is 0 Å². The molecule has 0 unspecified atom stereocenters. The monoisotopic (exact) mass is 281 g/mol. The Bertz CT molecular complexity index is 765. The minimum Gasteiger partial charge on any atom is -0.421 e. The first-order valence-corrected chi connectivity index (χ1v) is 7.15. The maximum absolute atomic E-state index is 5.71. The lowest BCUT2D eigenvalue weighted by Gasteiger charge is -1.99. The average molecular weight is 281 g/mol. The summed E-state index contributed by atoms with van der Waals surface area (Å²) in [6.45, 7) is 0.884. The summed E-state index contributed by atoms with van der Waals surface area (Å²) in [7, 11) is 0. The van der Waals surface area contributed by atoms with Crippen molar-refractivity contribution in [3.8, 4) is 11.5 Å². The first-order valence-electron chi connectivity index (χ1n) is 7.15. The highest BCUT2D eigenvalue weighted by atomic mass is 16.4. The number of nitrogens with one attached hydrogen (secondary N) is 1. The number of aromatic nitrogens is 4. The lowest BCUT2D eigenvalue weighted by Crippen LogP contribution is -2.19. The van der Waals surface area contributed by atoms with Crippen LogP contribution in [-0.2, 0) is 6.42 Å². The fraction of sp³-hybridized carbons (Fsp3) is 0.333. The summed E-state index contributed by atoms with van der Waals surface area (Å²) in [5, 5.41) is 11.6. The van der Waals surface area contributed by atoms with Gasteiger partial charge in [0.25, 0.3) is 0 Å². The van der Waals surface area contributed by atoms with Crippen LogP contribution in [0, 0.1) is 0 Å². The van der Waals surface area contributed by atoms with Gasteiger partial charge in [-0.2, -0.15) is 0 Å². The van der Waals surface area contributed by atoms with Crippen LogP contribution in [-0.4, -0.2) is 32.8 Å². The molecule has 6 heteroatoms. The minimum absolute atomic E-state index is 0.531. The molecule has 0 radical (unpaired) electrons. The molecule has 21 heavy (non-hydrogen) atoms. The van der Waals surface area contributed by atoms with Crippen LogP contribution in [0.15, 0.2) is 35.0 Å². The Morgan fingerprint density at radius 1 is 1.10 bits per heavy atom. The summed E-state index contributed by atoms with van der Waals surface area (Å²) in [5.74, 6) is 1.20. The lowest BCUT2D eigenvalue weighted by atomic mass is 10.2. The molecule has 6 nitrogen and oxygen atoms in total. The lowest BCUT2D eigenvalue weighted by molar-refractivity contribution is 0.494. The Balaban J connectivity index is 1.52. The predicted molar refractivity (Wildman–Crippen MR) is 77.6 cm³/mol. The molecule has 0 spiro atoms. The van der Waals surface area contributed by atoms with Crippen molar-refractivity contribution in [2.75, 3.05) is 6.54 Å². The third kappa shape index (κ3) is 2.75. The second kappa shape index (κ2) is 5.21. The van der Waals surface area contributed by atoms with Crippen LogP contribution in [0.3, 0.4) is 0 Å². The summed E-state index contributed by atoms with van der Waals surface area (Å²) < 4.78 is 5.71. The van der Waals surface area contributed by atoms with E-state index in [2.05, 4.69) is 25.5 Å². The van der Waals surface area contributed by atoms with E-state index in [1.807, 2.05) is 18.2 Å². The molecule has 2 aromatic heterocycles. The second-order valence-electron chi connectivity index (χ2n) is 5.24. The van der Waals surface area contributed by atoms with E-state index in [4.69, 9.17) is 4.42 Å². The third-order valence-corrected chi connectivity index (χ3v) is 3.53. The molecular formula is C15H15N5O. The van der Waals surface area contributed by atoms with E-state index in [0.29, 0.717) is 17.8 Å². The normalized spacial score (nSPS) is 14.7. The molecule has 1 aliphatic rings. The first-order chi connectivity index (χ1) is 10.4. The van der Waals surface area contributed by atoms with Crippen LogP contribution in [0.2, 0.25) is 0 Å². The summed E-state index contributed by atoms with van der Waals surface area (Å²) in [6, 6.07) is 6.46. The maximum Gasteiger partial charge on any atom is 0.247 e. The number of hydrogen-bond acceptors (Lipinski definition) is 6. The van der Waals surface area contributed by atoms with Gasteiger partial charge in [0.2, 0.25) is 11.8 Å². The molecule has 3 aromatic rings. The zero-order valence-corrected chi connectivity index (χ0v) is 11.5. The van der Waals surface area contributed by atoms with Crippen LogP contribution < -0.4 is 5.32 Å². The van der Waals surface area contributed by atoms with Crippen molar-refractivity contribution in [3.05, 3.63) is 36.5 Å². The van der Waals surface area contributed by atoms with Gasteiger partial charge < -0.3 is 9.73 Å². The van der Waals surface area contributed by atoms with Crippen molar-refractivity contribution in [2.24, 2.45) is 0 Å². The van der Waals surface area contributed by atoms with Crippen LogP contribution in [0.4, 0.5) is 0 Å². The minimum atomic E-state index is 0.531. The van der Waals surface area contributed by atoms with E-state index >= 15 is 0 Å². The van der Waals surface area contributed by atoms with Crippen LogP contribution in [0.1, 0.15) is 18.7 Å². The highest BCUT2D eigenvalue weighted by Gasteiger charge is 2.20. The Kier molecular flexibility index (Phi) is 3.08. The van der Waals surface area contributed by atoms with Crippen molar-refractivity contribution in [3.63, 3.8) is 0 Å². The van der Waals surface area contributed by atoms with Gasteiger partial charge in [-0.1, -0.05) is 0 Å². The first kappa shape index (κ1) is 12.4. The molecule has 2 heterocycles. The second-order valence-corrected chi connectivity index (χ2v) is 5.24. The Morgan fingerprint density at radius 2 is 1.95 bits per heavy atom. The van der Waals surface area contributed by atoms with Crippen LogP contribution in [0.25, 0.3) is 22.5 Å². The van der Waals surface area contributed by atoms with E-state index in [0.717, 1.165) is 29.6 Å². The van der Waals surface area contributed by atoms with Crippen molar-refractivity contribution in [1.82, 2.24) is 25.5 Å². The number of benzene rings is 1. The van der Waals surface area contributed by atoms with E-state index in [1.165, 1.54) is 12.8 Å². The fourth-order valence-electron chi connectivity index (χ4n) is 2.24. The number of fused-ring (bicyclic) bond motifs is 1.